The van der Waals surface area contributed by atoms with Crippen molar-refractivity contribution in [3.63, 3.8) is 0 Å². The molecule has 0 radical (unpaired) electrons. The molecule has 1 aliphatic rings. The summed E-state index contributed by atoms with van der Waals surface area (Å²) in [5, 5.41) is 0. The molecule has 1 heterocycles. The topological polar surface area (TPSA) is 46.3 Å². The number of likely N-dealkylation sites (tertiary alicyclic amines) is 1. The number of nitrogens with two attached hydrogens (primary N) is 1. The maximum atomic E-state index is 13.4. The number of carbonyl (C=O) groups excluding carboxylic acids is 1. The van der Waals surface area contributed by atoms with Crippen molar-refractivity contribution >= 4 is 5.91 Å². The molecule has 1 aromatic carbocycles. The number of amides is 1. The third-order valence-corrected chi connectivity index (χ3v) is 3.74. The summed E-state index contributed by atoms with van der Waals surface area (Å²) >= 11 is 0. The number of halogens is 1. The first-order chi connectivity index (χ1) is 9.04. The van der Waals surface area contributed by atoms with Gasteiger partial charge < -0.3 is 10.6 Å². The zero-order chi connectivity index (χ0) is 14.0. The Labute approximate surface area is 113 Å². The van der Waals surface area contributed by atoms with E-state index in [0.29, 0.717) is 24.9 Å². The predicted molar refractivity (Wildman–Crippen MR) is 73.1 cm³/mol. The van der Waals surface area contributed by atoms with Gasteiger partial charge in [-0.2, -0.15) is 0 Å². The molecule has 19 heavy (non-hydrogen) atoms. The van der Waals surface area contributed by atoms with Gasteiger partial charge in [-0.3, -0.25) is 4.79 Å². The minimum absolute atomic E-state index is 0.0749. The van der Waals surface area contributed by atoms with Crippen molar-refractivity contribution in [1.82, 2.24) is 4.90 Å². The van der Waals surface area contributed by atoms with Crippen LogP contribution < -0.4 is 5.73 Å². The first-order valence-corrected chi connectivity index (χ1v) is 6.85. The van der Waals surface area contributed by atoms with Gasteiger partial charge in [0.2, 0.25) is 5.91 Å². The van der Waals surface area contributed by atoms with Gasteiger partial charge in [-0.25, -0.2) is 4.39 Å². The first-order valence-electron chi connectivity index (χ1n) is 6.85. The molecule has 1 amide bonds. The second kappa shape index (κ2) is 5.70. The zero-order valence-electron chi connectivity index (χ0n) is 11.5. The molecule has 0 bridgehead atoms. The highest BCUT2D eigenvalue weighted by Gasteiger charge is 2.34. The van der Waals surface area contributed by atoms with Gasteiger partial charge in [-0.1, -0.05) is 19.1 Å². The highest BCUT2D eigenvalue weighted by atomic mass is 19.1. The Kier molecular flexibility index (Phi) is 4.20. The zero-order valence-corrected chi connectivity index (χ0v) is 11.5. The van der Waals surface area contributed by atoms with Gasteiger partial charge in [0, 0.05) is 19.0 Å². The summed E-state index contributed by atoms with van der Waals surface area (Å²) in [5.41, 5.74) is 7.73. The van der Waals surface area contributed by atoms with Gasteiger partial charge in [-0.05, 0) is 37.0 Å². The summed E-state index contributed by atoms with van der Waals surface area (Å²) in [6.45, 7) is 4.48. The first kappa shape index (κ1) is 14.0. The van der Waals surface area contributed by atoms with E-state index in [2.05, 4.69) is 0 Å². The maximum Gasteiger partial charge on any atom is 0.223 e. The van der Waals surface area contributed by atoms with E-state index in [-0.39, 0.29) is 23.8 Å². The van der Waals surface area contributed by atoms with Gasteiger partial charge in [0.1, 0.15) is 5.82 Å². The molecule has 2 N–H and O–H groups in total. The minimum atomic E-state index is -0.221. The van der Waals surface area contributed by atoms with Crippen molar-refractivity contribution < 1.29 is 9.18 Å². The Morgan fingerprint density at radius 2 is 2.21 bits per heavy atom. The normalized spacial score (nSPS) is 23.8. The van der Waals surface area contributed by atoms with Crippen molar-refractivity contribution in [2.45, 2.75) is 45.2 Å². The van der Waals surface area contributed by atoms with Crippen LogP contribution in [-0.2, 0) is 4.79 Å². The molecule has 1 saturated heterocycles. The van der Waals surface area contributed by atoms with Crippen LogP contribution in [0.25, 0.3) is 0 Å². The third-order valence-electron chi connectivity index (χ3n) is 3.74. The molecule has 1 aliphatic heterocycles. The molecule has 0 spiro atoms. The number of piperidine rings is 1. The van der Waals surface area contributed by atoms with Crippen LogP contribution in [0.4, 0.5) is 4.39 Å². The Hall–Kier alpha value is -1.42. The standard InChI is InChI=1S/C15H21FN2O/c1-3-8-18-14(19)7-6-13(17)15(18)11-4-5-12(16)10(2)9-11/h4-5,9,13,15H,3,6-8,17H2,1-2H3. The molecule has 104 valence electrons. The smallest absolute Gasteiger partial charge is 0.223 e. The fourth-order valence-electron chi connectivity index (χ4n) is 2.76. The largest absolute Gasteiger partial charge is 0.334 e. The fraction of sp³-hybridized carbons (Fsp3) is 0.533. The highest BCUT2D eigenvalue weighted by Crippen LogP contribution is 2.31. The molecule has 0 aliphatic carbocycles. The van der Waals surface area contributed by atoms with Crippen LogP contribution >= 0.6 is 0 Å². The van der Waals surface area contributed by atoms with E-state index in [9.17, 15) is 9.18 Å². The van der Waals surface area contributed by atoms with Crippen molar-refractivity contribution in [1.29, 1.82) is 0 Å². The van der Waals surface area contributed by atoms with E-state index in [4.69, 9.17) is 5.73 Å². The van der Waals surface area contributed by atoms with E-state index in [1.165, 1.54) is 6.07 Å². The Morgan fingerprint density at radius 1 is 1.47 bits per heavy atom. The molecular formula is C15H21FN2O. The molecule has 0 aromatic heterocycles. The molecular weight excluding hydrogens is 243 g/mol. The lowest BCUT2D eigenvalue weighted by molar-refractivity contribution is -0.137. The lowest BCUT2D eigenvalue weighted by Crippen LogP contribution is -2.49. The molecule has 4 heteroatoms. The van der Waals surface area contributed by atoms with Crippen LogP contribution in [0.3, 0.4) is 0 Å². The molecule has 1 fully saturated rings. The van der Waals surface area contributed by atoms with E-state index in [1.807, 2.05) is 11.8 Å². The molecule has 3 nitrogen and oxygen atoms in total. The SMILES string of the molecule is CCCN1C(=O)CCC(N)C1c1ccc(F)c(C)c1. The minimum Gasteiger partial charge on any atom is -0.334 e. The van der Waals surface area contributed by atoms with Crippen molar-refractivity contribution in [3.8, 4) is 0 Å². The van der Waals surface area contributed by atoms with Crippen LogP contribution in [0.2, 0.25) is 0 Å². The summed E-state index contributed by atoms with van der Waals surface area (Å²) in [6.07, 6.45) is 2.10. The summed E-state index contributed by atoms with van der Waals surface area (Å²) < 4.78 is 13.4. The number of nitrogens with zero attached hydrogens (tertiary/aromatic N) is 1. The van der Waals surface area contributed by atoms with Crippen LogP contribution in [0, 0.1) is 12.7 Å². The Bertz CT molecular complexity index is 475. The average molecular weight is 264 g/mol. The van der Waals surface area contributed by atoms with Gasteiger partial charge >= 0.3 is 0 Å². The van der Waals surface area contributed by atoms with Gasteiger partial charge in [0.25, 0.3) is 0 Å². The quantitative estimate of drug-likeness (QED) is 0.912. The fourth-order valence-corrected chi connectivity index (χ4v) is 2.76. The van der Waals surface area contributed by atoms with Crippen LogP contribution in [0.1, 0.15) is 43.4 Å². The molecule has 0 saturated carbocycles. The molecule has 2 unspecified atom stereocenters. The maximum absolute atomic E-state index is 13.4. The summed E-state index contributed by atoms with van der Waals surface area (Å²) in [6, 6.07) is 4.81. The number of carbonyl (C=O) groups is 1. The lowest BCUT2D eigenvalue weighted by Gasteiger charge is -2.40. The van der Waals surface area contributed by atoms with Gasteiger partial charge in [-0.15, -0.1) is 0 Å². The van der Waals surface area contributed by atoms with Crippen molar-refractivity contribution in [2.75, 3.05) is 6.54 Å². The predicted octanol–water partition coefficient (Wildman–Crippen LogP) is 2.53. The third kappa shape index (κ3) is 2.78. The van der Waals surface area contributed by atoms with E-state index in [1.54, 1.807) is 19.1 Å². The molecule has 2 rings (SSSR count). The number of aryl methyl sites for hydroxylation is 1. The van der Waals surface area contributed by atoms with Crippen LogP contribution in [0.15, 0.2) is 18.2 Å². The Balaban J connectivity index is 2.36. The van der Waals surface area contributed by atoms with Crippen molar-refractivity contribution in [3.05, 3.63) is 35.1 Å². The second-order valence-corrected chi connectivity index (χ2v) is 5.24. The number of rotatable bonds is 3. The summed E-state index contributed by atoms with van der Waals surface area (Å²) in [5.74, 6) is -0.0722. The van der Waals surface area contributed by atoms with Crippen LogP contribution in [-0.4, -0.2) is 23.4 Å². The van der Waals surface area contributed by atoms with Crippen LogP contribution in [0.5, 0.6) is 0 Å². The van der Waals surface area contributed by atoms with Gasteiger partial charge in [0.15, 0.2) is 0 Å². The summed E-state index contributed by atoms with van der Waals surface area (Å²) in [7, 11) is 0. The monoisotopic (exact) mass is 264 g/mol. The highest BCUT2D eigenvalue weighted by molar-refractivity contribution is 5.78. The molecule has 1 aromatic rings. The van der Waals surface area contributed by atoms with E-state index >= 15 is 0 Å². The second-order valence-electron chi connectivity index (χ2n) is 5.24. The number of hydrogen-bond donors (Lipinski definition) is 1. The average Bonchev–Trinajstić information content (AvgIpc) is 2.38. The van der Waals surface area contributed by atoms with E-state index < -0.39 is 0 Å². The summed E-state index contributed by atoms with van der Waals surface area (Å²) in [4.78, 5) is 13.9. The Morgan fingerprint density at radius 3 is 2.84 bits per heavy atom. The van der Waals surface area contributed by atoms with Crippen molar-refractivity contribution in [2.24, 2.45) is 5.73 Å². The van der Waals surface area contributed by atoms with E-state index in [0.717, 1.165) is 12.0 Å². The lowest BCUT2D eigenvalue weighted by atomic mass is 9.89. The molecule has 2 atom stereocenters. The van der Waals surface area contributed by atoms with Gasteiger partial charge in [0.05, 0.1) is 6.04 Å². The number of hydrogen-bond acceptors (Lipinski definition) is 2. The number of benzene rings is 1.